The standard InChI is InChI=1S/C14H16F2O2/c1-11(14(15,16)10-13(17)18-2)8-9-12-6-4-3-5-7-12/h3-7H,1,8-10H2,2H3. The van der Waals surface area contributed by atoms with E-state index in [1.54, 1.807) is 0 Å². The molecule has 1 aromatic rings. The van der Waals surface area contributed by atoms with Gasteiger partial charge in [-0.05, 0) is 24.0 Å². The van der Waals surface area contributed by atoms with Crippen molar-refractivity contribution in [3.8, 4) is 0 Å². The number of halogens is 2. The number of rotatable bonds is 6. The molecular formula is C14H16F2O2. The van der Waals surface area contributed by atoms with Crippen LogP contribution in [0.3, 0.4) is 0 Å². The third-order valence-corrected chi connectivity index (χ3v) is 2.67. The third kappa shape index (κ3) is 4.28. The van der Waals surface area contributed by atoms with Crippen molar-refractivity contribution in [1.29, 1.82) is 0 Å². The largest absolute Gasteiger partial charge is 0.469 e. The zero-order valence-electron chi connectivity index (χ0n) is 10.3. The minimum atomic E-state index is -3.21. The van der Waals surface area contributed by atoms with Crippen molar-refractivity contribution in [2.24, 2.45) is 0 Å². The van der Waals surface area contributed by atoms with E-state index in [9.17, 15) is 13.6 Å². The molecule has 0 radical (unpaired) electrons. The van der Waals surface area contributed by atoms with Crippen LogP contribution in [0, 0.1) is 0 Å². The number of ether oxygens (including phenoxy) is 1. The minimum Gasteiger partial charge on any atom is -0.469 e. The number of allylic oxidation sites excluding steroid dienone is 1. The van der Waals surface area contributed by atoms with Crippen molar-refractivity contribution < 1.29 is 18.3 Å². The Morgan fingerprint density at radius 3 is 2.50 bits per heavy atom. The van der Waals surface area contributed by atoms with Crippen LogP contribution in [0.4, 0.5) is 8.78 Å². The van der Waals surface area contributed by atoms with E-state index in [0.717, 1.165) is 12.7 Å². The van der Waals surface area contributed by atoms with Crippen molar-refractivity contribution in [3.63, 3.8) is 0 Å². The molecule has 0 aliphatic carbocycles. The van der Waals surface area contributed by atoms with Crippen LogP contribution in [-0.4, -0.2) is 19.0 Å². The van der Waals surface area contributed by atoms with Crippen molar-refractivity contribution in [2.45, 2.75) is 25.2 Å². The Morgan fingerprint density at radius 2 is 1.94 bits per heavy atom. The summed E-state index contributed by atoms with van der Waals surface area (Å²) in [6.45, 7) is 3.37. The van der Waals surface area contributed by atoms with Gasteiger partial charge in [0.25, 0.3) is 5.92 Å². The number of hydrogen-bond acceptors (Lipinski definition) is 2. The molecule has 2 nitrogen and oxygen atoms in total. The van der Waals surface area contributed by atoms with Gasteiger partial charge in [0.05, 0.1) is 7.11 Å². The summed E-state index contributed by atoms with van der Waals surface area (Å²) in [5, 5.41) is 0. The normalized spacial score (nSPS) is 11.1. The van der Waals surface area contributed by atoms with Gasteiger partial charge in [0.2, 0.25) is 0 Å². The lowest BCUT2D eigenvalue weighted by atomic mass is 9.99. The summed E-state index contributed by atoms with van der Waals surface area (Å²) >= 11 is 0. The molecule has 0 aromatic heterocycles. The van der Waals surface area contributed by atoms with Gasteiger partial charge in [0.15, 0.2) is 0 Å². The van der Waals surface area contributed by atoms with Gasteiger partial charge in [-0.2, -0.15) is 0 Å². The molecule has 0 unspecified atom stereocenters. The fourth-order valence-corrected chi connectivity index (χ4v) is 1.50. The Bertz CT molecular complexity index is 413. The maximum absolute atomic E-state index is 13.6. The molecule has 1 aromatic carbocycles. The van der Waals surface area contributed by atoms with Gasteiger partial charge >= 0.3 is 5.97 Å². The predicted molar refractivity (Wildman–Crippen MR) is 65.5 cm³/mol. The first-order chi connectivity index (χ1) is 8.45. The van der Waals surface area contributed by atoms with E-state index < -0.39 is 18.3 Å². The molecule has 98 valence electrons. The molecule has 18 heavy (non-hydrogen) atoms. The molecule has 0 atom stereocenters. The molecule has 1 rings (SSSR count). The number of benzene rings is 1. The highest BCUT2D eigenvalue weighted by Crippen LogP contribution is 2.30. The fraction of sp³-hybridized carbons (Fsp3) is 0.357. The maximum Gasteiger partial charge on any atom is 0.312 e. The van der Waals surface area contributed by atoms with E-state index >= 15 is 0 Å². The van der Waals surface area contributed by atoms with Crippen LogP contribution in [0.2, 0.25) is 0 Å². The summed E-state index contributed by atoms with van der Waals surface area (Å²) in [4.78, 5) is 10.9. The van der Waals surface area contributed by atoms with E-state index in [1.165, 1.54) is 0 Å². The number of esters is 1. The van der Waals surface area contributed by atoms with Crippen LogP contribution in [0.15, 0.2) is 42.5 Å². The van der Waals surface area contributed by atoms with Crippen molar-refractivity contribution in [3.05, 3.63) is 48.0 Å². The zero-order valence-corrected chi connectivity index (χ0v) is 10.3. The number of aryl methyl sites for hydroxylation is 1. The monoisotopic (exact) mass is 254 g/mol. The highest BCUT2D eigenvalue weighted by atomic mass is 19.3. The molecule has 4 heteroatoms. The molecule has 0 fully saturated rings. The molecule has 0 spiro atoms. The molecule has 0 saturated heterocycles. The Kier molecular flexibility index (Phi) is 5.01. The van der Waals surface area contributed by atoms with Gasteiger partial charge in [-0.3, -0.25) is 4.79 Å². The molecule has 0 aliphatic rings. The highest BCUT2D eigenvalue weighted by molar-refractivity contribution is 5.70. The van der Waals surface area contributed by atoms with Gasteiger partial charge in [-0.1, -0.05) is 36.9 Å². The average molecular weight is 254 g/mol. The van der Waals surface area contributed by atoms with Crippen LogP contribution in [0.5, 0.6) is 0 Å². The van der Waals surface area contributed by atoms with Crippen LogP contribution in [-0.2, 0) is 16.0 Å². The summed E-state index contributed by atoms with van der Waals surface area (Å²) in [6.07, 6.45) is -0.318. The van der Waals surface area contributed by atoms with Gasteiger partial charge in [0, 0.05) is 0 Å². The summed E-state index contributed by atoms with van der Waals surface area (Å²) in [5.41, 5.74) is 0.726. The molecule has 0 saturated carbocycles. The maximum atomic E-state index is 13.6. The molecule has 0 heterocycles. The van der Waals surface area contributed by atoms with Crippen molar-refractivity contribution >= 4 is 5.97 Å². The van der Waals surface area contributed by atoms with Gasteiger partial charge in [0.1, 0.15) is 6.42 Å². The summed E-state index contributed by atoms with van der Waals surface area (Å²) < 4.78 is 31.4. The lowest BCUT2D eigenvalue weighted by Crippen LogP contribution is -2.24. The van der Waals surface area contributed by atoms with E-state index in [4.69, 9.17) is 0 Å². The third-order valence-electron chi connectivity index (χ3n) is 2.67. The van der Waals surface area contributed by atoms with E-state index in [-0.39, 0.29) is 12.0 Å². The smallest absolute Gasteiger partial charge is 0.312 e. The van der Waals surface area contributed by atoms with Crippen LogP contribution in [0.25, 0.3) is 0 Å². The topological polar surface area (TPSA) is 26.3 Å². The number of methoxy groups -OCH3 is 1. The number of carbonyl (C=O) groups excluding carboxylic acids is 1. The zero-order chi connectivity index (χ0) is 13.6. The first-order valence-corrected chi connectivity index (χ1v) is 5.62. The lowest BCUT2D eigenvalue weighted by Gasteiger charge is -2.17. The second-order valence-corrected chi connectivity index (χ2v) is 4.05. The SMILES string of the molecule is C=C(CCc1ccccc1)C(F)(F)CC(=O)OC. The highest BCUT2D eigenvalue weighted by Gasteiger charge is 2.35. The van der Waals surface area contributed by atoms with Crippen molar-refractivity contribution in [2.75, 3.05) is 7.11 Å². The predicted octanol–water partition coefficient (Wildman–Crippen LogP) is 3.37. The van der Waals surface area contributed by atoms with E-state index in [0.29, 0.717) is 6.42 Å². The second kappa shape index (κ2) is 6.28. The molecular weight excluding hydrogens is 238 g/mol. The Labute approximate surface area is 105 Å². The molecule has 0 N–H and O–H groups in total. The number of alkyl halides is 2. The second-order valence-electron chi connectivity index (χ2n) is 4.05. The lowest BCUT2D eigenvalue weighted by molar-refractivity contribution is -0.146. The fourth-order valence-electron chi connectivity index (χ4n) is 1.50. The minimum absolute atomic E-state index is 0.147. The van der Waals surface area contributed by atoms with Gasteiger partial charge < -0.3 is 4.74 Å². The Morgan fingerprint density at radius 1 is 1.33 bits per heavy atom. The number of carbonyl (C=O) groups is 1. The van der Waals surface area contributed by atoms with Gasteiger partial charge in [-0.15, -0.1) is 0 Å². The Balaban J connectivity index is 2.52. The average Bonchev–Trinajstić information content (AvgIpc) is 2.36. The van der Waals surface area contributed by atoms with Gasteiger partial charge in [-0.25, -0.2) is 8.78 Å². The van der Waals surface area contributed by atoms with E-state index in [1.807, 2.05) is 30.3 Å². The summed E-state index contributed by atoms with van der Waals surface area (Å²) in [5.74, 6) is -4.14. The first-order valence-electron chi connectivity index (χ1n) is 5.62. The number of hydrogen-bond donors (Lipinski definition) is 0. The first kappa shape index (κ1) is 14.4. The van der Waals surface area contributed by atoms with Crippen LogP contribution in [0.1, 0.15) is 18.4 Å². The van der Waals surface area contributed by atoms with Crippen LogP contribution >= 0.6 is 0 Å². The Hall–Kier alpha value is -1.71. The van der Waals surface area contributed by atoms with E-state index in [2.05, 4.69) is 11.3 Å². The quantitative estimate of drug-likeness (QED) is 0.574. The summed E-state index contributed by atoms with van der Waals surface area (Å²) in [6, 6.07) is 9.30. The molecule has 0 bridgehead atoms. The molecule has 0 aliphatic heterocycles. The van der Waals surface area contributed by atoms with Crippen molar-refractivity contribution in [1.82, 2.24) is 0 Å². The molecule has 0 amide bonds. The summed E-state index contributed by atoms with van der Waals surface area (Å²) in [7, 11) is 1.09. The van der Waals surface area contributed by atoms with Crippen LogP contribution < -0.4 is 0 Å².